The number of anilines is 2. The lowest BCUT2D eigenvalue weighted by atomic mass is 10.0. The molecule has 25 heavy (non-hydrogen) atoms. The summed E-state index contributed by atoms with van der Waals surface area (Å²) in [7, 11) is 0. The van der Waals surface area contributed by atoms with E-state index in [9.17, 15) is 9.59 Å². The van der Waals surface area contributed by atoms with Crippen LogP contribution in [0.1, 0.15) is 38.7 Å². The lowest BCUT2D eigenvalue weighted by molar-refractivity contribution is -0.117. The predicted octanol–water partition coefficient (Wildman–Crippen LogP) is 4.85. The van der Waals surface area contributed by atoms with Crippen molar-refractivity contribution in [2.24, 2.45) is 0 Å². The van der Waals surface area contributed by atoms with Gasteiger partial charge in [-0.15, -0.1) is 0 Å². The summed E-state index contributed by atoms with van der Waals surface area (Å²) in [5.74, 6) is 0.184. The van der Waals surface area contributed by atoms with Crippen molar-refractivity contribution in [3.63, 3.8) is 0 Å². The quantitative estimate of drug-likeness (QED) is 0.802. The number of carbonyl (C=O) groups is 2. The molecule has 0 aliphatic rings. The minimum atomic E-state index is -0.160. The number of amides is 2. The van der Waals surface area contributed by atoms with Crippen molar-refractivity contribution >= 4 is 34.8 Å². The van der Waals surface area contributed by atoms with Crippen molar-refractivity contribution in [3.05, 3.63) is 59.1 Å². The smallest absolute Gasteiger partial charge is 0.226 e. The highest BCUT2D eigenvalue weighted by atomic mass is 35.5. The van der Waals surface area contributed by atoms with Crippen LogP contribution >= 0.6 is 11.6 Å². The minimum Gasteiger partial charge on any atom is -0.326 e. The number of rotatable bonds is 6. The summed E-state index contributed by atoms with van der Waals surface area (Å²) in [5, 5.41) is 3.35. The van der Waals surface area contributed by atoms with E-state index in [-0.39, 0.29) is 18.2 Å². The zero-order valence-corrected chi connectivity index (χ0v) is 15.5. The lowest BCUT2D eigenvalue weighted by Gasteiger charge is -2.21. The molecular formula is C20H23ClN2O2. The number of hydrogen-bond acceptors (Lipinski definition) is 2. The number of hydrogen-bond donors (Lipinski definition) is 1. The Morgan fingerprint density at radius 1 is 1.12 bits per heavy atom. The van der Waals surface area contributed by atoms with E-state index in [0.717, 1.165) is 5.69 Å². The summed E-state index contributed by atoms with van der Waals surface area (Å²) < 4.78 is 0. The molecule has 0 fully saturated rings. The van der Waals surface area contributed by atoms with Gasteiger partial charge < -0.3 is 10.2 Å². The fraction of sp³-hybridized carbons (Fsp3) is 0.300. The maximum absolute atomic E-state index is 12.1. The molecule has 2 amide bonds. The summed E-state index contributed by atoms with van der Waals surface area (Å²) >= 11 is 5.91. The summed E-state index contributed by atoms with van der Waals surface area (Å²) in [4.78, 5) is 25.7. The van der Waals surface area contributed by atoms with E-state index in [1.165, 1.54) is 12.5 Å². The van der Waals surface area contributed by atoms with E-state index in [1.54, 1.807) is 29.2 Å². The van der Waals surface area contributed by atoms with Crippen LogP contribution in [0.2, 0.25) is 5.02 Å². The molecule has 0 unspecified atom stereocenters. The van der Waals surface area contributed by atoms with Gasteiger partial charge in [-0.2, -0.15) is 0 Å². The van der Waals surface area contributed by atoms with Crippen LogP contribution in [0.5, 0.6) is 0 Å². The monoisotopic (exact) mass is 358 g/mol. The van der Waals surface area contributed by atoms with E-state index in [2.05, 4.69) is 19.2 Å². The Balaban J connectivity index is 1.99. The van der Waals surface area contributed by atoms with Crippen LogP contribution in [0.25, 0.3) is 0 Å². The molecule has 2 aromatic rings. The van der Waals surface area contributed by atoms with Gasteiger partial charge in [0.15, 0.2) is 0 Å². The van der Waals surface area contributed by atoms with Crippen molar-refractivity contribution in [3.8, 4) is 0 Å². The van der Waals surface area contributed by atoms with E-state index in [1.807, 2.05) is 24.3 Å². The Kier molecular flexibility index (Phi) is 6.59. The normalized spacial score (nSPS) is 10.6. The average Bonchev–Trinajstić information content (AvgIpc) is 2.55. The van der Waals surface area contributed by atoms with Gasteiger partial charge >= 0.3 is 0 Å². The van der Waals surface area contributed by atoms with Gasteiger partial charge in [0, 0.05) is 36.3 Å². The third-order valence-corrected chi connectivity index (χ3v) is 4.16. The first-order chi connectivity index (χ1) is 11.9. The van der Waals surface area contributed by atoms with E-state index in [4.69, 9.17) is 11.6 Å². The summed E-state index contributed by atoms with van der Waals surface area (Å²) in [6.07, 6.45) is 0.206. The van der Waals surface area contributed by atoms with Gasteiger partial charge in [0.1, 0.15) is 0 Å². The Morgan fingerprint density at radius 2 is 1.80 bits per heavy atom. The molecule has 0 aliphatic carbocycles. The molecule has 0 saturated heterocycles. The Bertz CT molecular complexity index is 742. The van der Waals surface area contributed by atoms with Crippen molar-refractivity contribution in [1.29, 1.82) is 0 Å². The first kappa shape index (κ1) is 19.0. The second kappa shape index (κ2) is 8.67. The summed E-state index contributed by atoms with van der Waals surface area (Å²) in [6, 6.07) is 14.9. The van der Waals surface area contributed by atoms with Crippen LogP contribution in [0.15, 0.2) is 48.5 Å². The molecule has 4 nitrogen and oxygen atoms in total. The molecule has 5 heteroatoms. The summed E-state index contributed by atoms with van der Waals surface area (Å²) in [6.45, 7) is 6.07. The second-order valence-corrected chi connectivity index (χ2v) is 6.66. The Labute approximate surface area is 153 Å². The highest BCUT2D eigenvalue weighted by molar-refractivity contribution is 6.30. The van der Waals surface area contributed by atoms with Crippen LogP contribution in [0.3, 0.4) is 0 Å². The van der Waals surface area contributed by atoms with Gasteiger partial charge in [-0.1, -0.05) is 43.6 Å². The van der Waals surface area contributed by atoms with Gasteiger partial charge in [-0.05, 0) is 41.8 Å². The van der Waals surface area contributed by atoms with Gasteiger partial charge in [0.05, 0.1) is 0 Å². The Morgan fingerprint density at radius 3 is 2.36 bits per heavy atom. The van der Waals surface area contributed by atoms with Gasteiger partial charge in [0.25, 0.3) is 0 Å². The van der Waals surface area contributed by atoms with Crippen LogP contribution in [0.4, 0.5) is 11.4 Å². The topological polar surface area (TPSA) is 49.4 Å². The largest absolute Gasteiger partial charge is 0.326 e. The highest BCUT2D eigenvalue weighted by Gasteiger charge is 2.14. The highest BCUT2D eigenvalue weighted by Crippen LogP contribution is 2.21. The SMILES string of the molecule is CC(=O)N(CCC(=O)Nc1cccc(Cl)c1)c1ccc(C(C)C)cc1. The van der Waals surface area contributed by atoms with E-state index < -0.39 is 0 Å². The van der Waals surface area contributed by atoms with Crippen molar-refractivity contribution in [2.45, 2.75) is 33.1 Å². The van der Waals surface area contributed by atoms with Crippen LogP contribution in [-0.2, 0) is 9.59 Å². The fourth-order valence-corrected chi connectivity index (χ4v) is 2.70. The second-order valence-electron chi connectivity index (χ2n) is 6.23. The maximum Gasteiger partial charge on any atom is 0.226 e. The van der Waals surface area contributed by atoms with E-state index >= 15 is 0 Å². The number of nitrogens with zero attached hydrogens (tertiary/aromatic N) is 1. The molecular weight excluding hydrogens is 336 g/mol. The first-order valence-corrected chi connectivity index (χ1v) is 8.68. The third kappa shape index (κ3) is 5.61. The van der Waals surface area contributed by atoms with Crippen LogP contribution in [0, 0.1) is 0 Å². The van der Waals surface area contributed by atoms with Gasteiger partial charge in [0.2, 0.25) is 11.8 Å². The summed E-state index contributed by atoms with van der Waals surface area (Å²) in [5.41, 5.74) is 2.66. The zero-order chi connectivity index (χ0) is 18.4. The third-order valence-electron chi connectivity index (χ3n) is 3.92. The molecule has 0 radical (unpaired) electrons. The average molecular weight is 359 g/mol. The molecule has 0 aromatic heterocycles. The molecule has 2 aromatic carbocycles. The fourth-order valence-electron chi connectivity index (χ4n) is 2.51. The number of benzene rings is 2. The first-order valence-electron chi connectivity index (χ1n) is 8.30. The van der Waals surface area contributed by atoms with Crippen molar-refractivity contribution in [2.75, 3.05) is 16.8 Å². The van der Waals surface area contributed by atoms with Crippen LogP contribution < -0.4 is 10.2 Å². The minimum absolute atomic E-state index is 0.0900. The molecule has 0 aliphatic heterocycles. The van der Waals surface area contributed by atoms with Crippen LogP contribution in [-0.4, -0.2) is 18.4 Å². The molecule has 0 saturated carbocycles. The molecule has 1 N–H and O–H groups in total. The Hall–Kier alpha value is -2.33. The lowest BCUT2D eigenvalue weighted by Crippen LogP contribution is -2.31. The molecule has 0 heterocycles. The number of nitrogens with one attached hydrogen (secondary N) is 1. The van der Waals surface area contributed by atoms with Crippen molar-refractivity contribution in [1.82, 2.24) is 0 Å². The van der Waals surface area contributed by atoms with Crippen molar-refractivity contribution < 1.29 is 9.59 Å². The molecule has 0 spiro atoms. The number of carbonyl (C=O) groups excluding carboxylic acids is 2. The molecule has 0 atom stereocenters. The molecule has 2 rings (SSSR count). The predicted molar refractivity (Wildman–Crippen MR) is 103 cm³/mol. The van der Waals surface area contributed by atoms with Gasteiger partial charge in [-0.25, -0.2) is 0 Å². The standard InChI is InChI=1S/C20H23ClN2O2/c1-14(2)16-7-9-19(10-8-16)23(15(3)24)12-11-20(25)22-18-6-4-5-17(21)13-18/h4-10,13-14H,11-12H2,1-3H3,(H,22,25). The zero-order valence-electron chi connectivity index (χ0n) is 14.8. The maximum atomic E-state index is 12.1. The molecule has 132 valence electrons. The van der Waals surface area contributed by atoms with Gasteiger partial charge in [-0.3, -0.25) is 9.59 Å². The van der Waals surface area contributed by atoms with E-state index in [0.29, 0.717) is 23.2 Å². The molecule has 0 bridgehead atoms. The number of halogens is 1.